The summed E-state index contributed by atoms with van der Waals surface area (Å²) in [7, 11) is 1.64. The van der Waals surface area contributed by atoms with Crippen LogP contribution in [0.1, 0.15) is 0 Å². The molecule has 0 aliphatic heterocycles. The molecular weight excluding hydrogens is 144 g/mol. The molecule has 0 saturated heterocycles. The van der Waals surface area contributed by atoms with Crippen molar-refractivity contribution in [3.8, 4) is 5.75 Å². The van der Waals surface area contributed by atoms with Crippen molar-refractivity contribution in [1.82, 2.24) is 0 Å². The smallest absolute Gasteiger partial charge is 0.126 e. The van der Waals surface area contributed by atoms with Gasteiger partial charge in [0.25, 0.3) is 0 Å². The quantitative estimate of drug-likeness (QED) is 0.602. The monoisotopic (exact) mass is 153 g/mol. The normalized spacial score (nSPS) is 9.40. The number of rotatable bonds is 2. The van der Waals surface area contributed by atoms with Gasteiger partial charge < -0.3 is 4.74 Å². The highest BCUT2D eigenvalue weighted by Crippen LogP contribution is 2.17. The Hall–Kier alpha value is -0.630. The number of ether oxygens (including phenoxy) is 1. The summed E-state index contributed by atoms with van der Waals surface area (Å²) < 4.78 is 4.95. The van der Waals surface area contributed by atoms with Gasteiger partial charge in [-0.05, 0) is 24.5 Å². The molecule has 1 radical (unpaired) electrons. The second-order valence-electron chi connectivity index (χ2n) is 1.80. The number of benzene rings is 1. The van der Waals surface area contributed by atoms with Crippen LogP contribution in [-0.2, 0) is 0 Å². The summed E-state index contributed by atoms with van der Waals surface area (Å²) in [5.74, 6) is 0.790. The molecule has 1 aromatic rings. The summed E-state index contributed by atoms with van der Waals surface area (Å²) in [5, 5.41) is 0. The van der Waals surface area contributed by atoms with Crippen LogP contribution in [0.3, 0.4) is 0 Å². The van der Waals surface area contributed by atoms with Crippen LogP contribution in [0, 0.1) is 6.07 Å². The van der Waals surface area contributed by atoms with E-state index >= 15 is 0 Å². The van der Waals surface area contributed by atoms with Crippen molar-refractivity contribution in [2.24, 2.45) is 0 Å². The summed E-state index contributed by atoms with van der Waals surface area (Å²) in [6, 6.07) is 8.84. The van der Waals surface area contributed by atoms with Crippen molar-refractivity contribution in [1.29, 1.82) is 0 Å². The van der Waals surface area contributed by atoms with Gasteiger partial charge in [0, 0.05) is 11.0 Å². The zero-order chi connectivity index (χ0) is 7.40. The van der Waals surface area contributed by atoms with Crippen molar-refractivity contribution < 1.29 is 4.74 Å². The summed E-state index contributed by atoms with van der Waals surface area (Å²) in [6.45, 7) is 0. The van der Waals surface area contributed by atoms with Gasteiger partial charge in [0.15, 0.2) is 0 Å². The van der Waals surface area contributed by atoms with E-state index in [4.69, 9.17) is 4.74 Å². The fourth-order valence-corrected chi connectivity index (χ4v) is 1.03. The number of thioether (sulfide) groups is 1. The van der Waals surface area contributed by atoms with E-state index in [9.17, 15) is 0 Å². The van der Waals surface area contributed by atoms with Crippen LogP contribution < -0.4 is 4.74 Å². The Morgan fingerprint density at radius 1 is 1.50 bits per heavy atom. The first kappa shape index (κ1) is 7.48. The molecule has 1 nitrogen and oxygen atoms in total. The van der Waals surface area contributed by atoms with Crippen LogP contribution in [0.2, 0.25) is 0 Å². The predicted molar refractivity (Wildman–Crippen MR) is 43.6 cm³/mol. The molecule has 0 aliphatic rings. The maximum Gasteiger partial charge on any atom is 0.126 e. The lowest BCUT2D eigenvalue weighted by Gasteiger charge is -1.98. The number of hydrogen-bond acceptors (Lipinski definition) is 2. The van der Waals surface area contributed by atoms with Crippen LogP contribution in [0.25, 0.3) is 0 Å². The Bertz CT molecular complexity index is 170. The van der Waals surface area contributed by atoms with E-state index in [1.54, 1.807) is 18.9 Å². The van der Waals surface area contributed by atoms with Crippen LogP contribution >= 0.6 is 11.8 Å². The Morgan fingerprint density at radius 2 is 2.30 bits per heavy atom. The molecule has 0 fully saturated rings. The molecule has 10 heavy (non-hydrogen) atoms. The van der Waals surface area contributed by atoms with Gasteiger partial charge in [0.1, 0.15) is 5.75 Å². The van der Waals surface area contributed by atoms with E-state index in [2.05, 4.69) is 6.07 Å². The van der Waals surface area contributed by atoms with Crippen LogP contribution in [0.15, 0.2) is 23.1 Å². The zero-order valence-corrected chi connectivity index (χ0v) is 6.87. The largest absolute Gasteiger partial charge is 0.496 e. The third-order valence-corrected chi connectivity index (χ3v) is 1.94. The second-order valence-corrected chi connectivity index (χ2v) is 2.68. The van der Waals surface area contributed by atoms with E-state index in [-0.39, 0.29) is 0 Å². The average molecular weight is 153 g/mol. The summed E-state index contributed by atoms with van der Waals surface area (Å²) in [5.41, 5.74) is 0. The van der Waals surface area contributed by atoms with E-state index in [1.165, 1.54) is 4.90 Å². The number of methoxy groups -OCH3 is 1. The van der Waals surface area contributed by atoms with Gasteiger partial charge in [-0.3, -0.25) is 0 Å². The van der Waals surface area contributed by atoms with Gasteiger partial charge in [-0.25, -0.2) is 0 Å². The average Bonchev–Trinajstić information content (AvgIpc) is 2.05. The minimum absolute atomic E-state index is 0.790. The van der Waals surface area contributed by atoms with Crippen LogP contribution in [0.5, 0.6) is 5.75 Å². The Kier molecular flexibility index (Phi) is 2.63. The molecule has 2 heteroatoms. The lowest BCUT2D eigenvalue weighted by Crippen LogP contribution is -1.80. The SMILES string of the molecule is COc1[c]cc(SC)cc1. The summed E-state index contributed by atoms with van der Waals surface area (Å²) in [4.78, 5) is 1.21. The molecule has 0 atom stereocenters. The van der Waals surface area contributed by atoms with Gasteiger partial charge in [-0.1, -0.05) is 0 Å². The molecule has 53 valence electrons. The van der Waals surface area contributed by atoms with Crippen LogP contribution in [-0.4, -0.2) is 13.4 Å². The molecule has 0 spiro atoms. The summed E-state index contributed by atoms with van der Waals surface area (Å²) in [6.07, 6.45) is 2.04. The lowest BCUT2D eigenvalue weighted by atomic mass is 10.3. The molecule has 0 amide bonds. The molecule has 0 saturated carbocycles. The highest BCUT2D eigenvalue weighted by Gasteiger charge is 1.90. The molecule has 0 bridgehead atoms. The maximum absolute atomic E-state index is 4.95. The van der Waals surface area contributed by atoms with E-state index in [1.807, 2.05) is 24.5 Å². The van der Waals surface area contributed by atoms with Gasteiger partial charge in [0.05, 0.1) is 7.11 Å². The lowest BCUT2D eigenvalue weighted by molar-refractivity contribution is 0.413. The highest BCUT2D eigenvalue weighted by atomic mass is 32.2. The molecule has 0 N–H and O–H groups in total. The van der Waals surface area contributed by atoms with Gasteiger partial charge in [-0.15, -0.1) is 11.8 Å². The molecule has 1 aromatic carbocycles. The van der Waals surface area contributed by atoms with Crippen molar-refractivity contribution >= 4 is 11.8 Å². The predicted octanol–water partition coefficient (Wildman–Crippen LogP) is 2.22. The Morgan fingerprint density at radius 3 is 2.70 bits per heavy atom. The van der Waals surface area contributed by atoms with Gasteiger partial charge in [-0.2, -0.15) is 0 Å². The first-order chi connectivity index (χ1) is 4.86. The van der Waals surface area contributed by atoms with Crippen molar-refractivity contribution in [2.75, 3.05) is 13.4 Å². The molecular formula is C8H9OS. The third kappa shape index (κ3) is 1.67. The first-order valence-electron chi connectivity index (χ1n) is 2.96. The van der Waals surface area contributed by atoms with Gasteiger partial charge in [0.2, 0.25) is 0 Å². The van der Waals surface area contributed by atoms with E-state index in [0.29, 0.717) is 0 Å². The first-order valence-corrected chi connectivity index (χ1v) is 4.19. The fraction of sp³-hybridized carbons (Fsp3) is 0.250. The Balaban J connectivity index is 2.80. The highest BCUT2D eigenvalue weighted by molar-refractivity contribution is 7.98. The van der Waals surface area contributed by atoms with Gasteiger partial charge >= 0.3 is 0 Å². The van der Waals surface area contributed by atoms with Crippen molar-refractivity contribution in [2.45, 2.75) is 4.90 Å². The topological polar surface area (TPSA) is 9.23 Å². The molecule has 1 rings (SSSR count). The second kappa shape index (κ2) is 3.52. The van der Waals surface area contributed by atoms with E-state index in [0.717, 1.165) is 5.75 Å². The van der Waals surface area contributed by atoms with Crippen molar-refractivity contribution in [3.05, 3.63) is 24.3 Å². The minimum atomic E-state index is 0.790. The Labute approximate surface area is 65.4 Å². The summed E-state index contributed by atoms with van der Waals surface area (Å²) >= 11 is 1.70. The molecule has 0 heterocycles. The number of hydrogen-bond donors (Lipinski definition) is 0. The van der Waals surface area contributed by atoms with E-state index < -0.39 is 0 Å². The molecule has 0 aliphatic carbocycles. The third-order valence-electron chi connectivity index (χ3n) is 1.21. The molecule has 0 unspecified atom stereocenters. The van der Waals surface area contributed by atoms with Crippen molar-refractivity contribution in [3.63, 3.8) is 0 Å². The fourth-order valence-electron chi connectivity index (χ4n) is 0.650. The zero-order valence-electron chi connectivity index (χ0n) is 6.05. The van der Waals surface area contributed by atoms with Crippen LogP contribution in [0.4, 0.5) is 0 Å². The maximum atomic E-state index is 4.95. The standard InChI is InChI=1S/C8H9OS/c1-9-7-3-5-8(10-2)6-4-7/h3,5-6H,1-2H3. The minimum Gasteiger partial charge on any atom is -0.496 e. The molecule has 0 aromatic heterocycles.